The molecule has 0 unspecified atom stereocenters. The summed E-state index contributed by atoms with van der Waals surface area (Å²) in [7, 11) is 0. The fourth-order valence-electron chi connectivity index (χ4n) is 4.26. The Hall–Kier alpha value is -3.61. The summed E-state index contributed by atoms with van der Waals surface area (Å²) in [4.78, 5) is 9.42. The third kappa shape index (κ3) is 4.17. The molecule has 2 aromatic carbocycles. The molecule has 31 heavy (non-hydrogen) atoms. The van der Waals surface area contributed by atoms with Gasteiger partial charge in [0.15, 0.2) is 0 Å². The van der Waals surface area contributed by atoms with Crippen LogP contribution in [0.15, 0.2) is 48.5 Å². The largest absolute Gasteiger partial charge is 0.366 e. The number of nitrogens with one attached hydrogen (secondary N) is 2. The summed E-state index contributed by atoms with van der Waals surface area (Å²) in [5, 5.41) is 18.3. The Morgan fingerprint density at radius 2 is 1.81 bits per heavy atom. The number of hydrogen-bond acceptors (Lipinski definition) is 6. The van der Waals surface area contributed by atoms with Crippen LogP contribution < -0.4 is 5.32 Å². The second kappa shape index (κ2) is 8.63. The molecule has 2 heterocycles. The second-order valence-corrected chi connectivity index (χ2v) is 7.94. The number of fused-ring (bicyclic) bond motifs is 1. The van der Waals surface area contributed by atoms with Gasteiger partial charge in [-0.15, -0.1) is 10.2 Å². The maximum Gasteiger partial charge on any atom is 0.205 e. The van der Waals surface area contributed by atoms with Crippen LogP contribution in [0.25, 0.3) is 22.5 Å². The summed E-state index contributed by atoms with van der Waals surface area (Å²) in [6.45, 7) is 2.64. The van der Waals surface area contributed by atoms with Crippen LogP contribution in [-0.2, 0) is 19.4 Å². The van der Waals surface area contributed by atoms with Gasteiger partial charge in [-0.3, -0.25) is 0 Å². The van der Waals surface area contributed by atoms with E-state index in [9.17, 15) is 0 Å². The fourth-order valence-corrected chi connectivity index (χ4v) is 4.26. The first-order valence-electron chi connectivity index (χ1n) is 10.8. The zero-order chi connectivity index (χ0) is 21.0. The van der Waals surface area contributed by atoms with E-state index in [0.29, 0.717) is 12.4 Å². The third-order valence-corrected chi connectivity index (χ3v) is 5.76. The molecule has 7 nitrogen and oxygen atoms in total. The highest BCUT2D eigenvalue weighted by Crippen LogP contribution is 2.31. The highest BCUT2D eigenvalue weighted by molar-refractivity contribution is 5.80. The van der Waals surface area contributed by atoms with Crippen molar-refractivity contribution in [1.29, 1.82) is 0 Å². The normalized spacial score (nSPS) is 13.5. The number of aryl methyl sites for hydroxylation is 2. The van der Waals surface area contributed by atoms with Crippen molar-refractivity contribution in [3.63, 3.8) is 0 Å². The summed E-state index contributed by atoms with van der Waals surface area (Å²) in [6.07, 6.45) is 5.74. The predicted octanol–water partition coefficient (Wildman–Crippen LogP) is 4.51. The van der Waals surface area contributed by atoms with Crippen molar-refractivity contribution in [3.8, 4) is 22.5 Å². The van der Waals surface area contributed by atoms with Crippen LogP contribution in [0.2, 0.25) is 0 Å². The van der Waals surface area contributed by atoms with Crippen LogP contribution >= 0.6 is 0 Å². The average Bonchev–Trinajstić information content (AvgIpc) is 3.24. The maximum absolute atomic E-state index is 4.72. The van der Waals surface area contributed by atoms with Gasteiger partial charge in [-0.1, -0.05) is 48.9 Å². The number of nitrogens with zero attached hydrogens (tertiary/aromatic N) is 5. The summed E-state index contributed by atoms with van der Waals surface area (Å²) in [5.41, 5.74) is 6.79. The Balaban J connectivity index is 1.46. The molecule has 0 saturated heterocycles. The van der Waals surface area contributed by atoms with E-state index in [2.05, 4.69) is 56.3 Å². The first-order chi connectivity index (χ1) is 15.3. The van der Waals surface area contributed by atoms with Crippen molar-refractivity contribution >= 4 is 5.82 Å². The molecule has 2 aromatic heterocycles. The van der Waals surface area contributed by atoms with Gasteiger partial charge in [0.25, 0.3) is 0 Å². The van der Waals surface area contributed by atoms with E-state index >= 15 is 0 Å². The maximum atomic E-state index is 4.72. The molecule has 0 saturated carbocycles. The summed E-state index contributed by atoms with van der Waals surface area (Å²) in [6, 6.07) is 16.7. The fraction of sp³-hybridized carbons (Fsp3) is 0.292. The van der Waals surface area contributed by atoms with Crippen LogP contribution in [0.3, 0.4) is 0 Å². The van der Waals surface area contributed by atoms with Crippen molar-refractivity contribution in [2.45, 2.75) is 45.6 Å². The topological polar surface area (TPSA) is 92.3 Å². The number of H-pyrrole nitrogens is 1. The number of tetrazole rings is 1. The van der Waals surface area contributed by atoms with E-state index < -0.39 is 0 Å². The minimum atomic E-state index is 0.590. The van der Waals surface area contributed by atoms with Gasteiger partial charge in [0.1, 0.15) is 11.6 Å². The van der Waals surface area contributed by atoms with Gasteiger partial charge in [0.2, 0.25) is 5.82 Å². The van der Waals surface area contributed by atoms with Crippen LogP contribution in [-0.4, -0.2) is 30.6 Å². The first-order valence-corrected chi connectivity index (χ1v) is 10.8. The highest BCUT2D eigenvalue weighted by Gasteiger charge is 2.16. The number of hydrogen-bond donors (Lipinski definition) is 2. The first kappa shape index (κ1) is 19.4. The molecular formula is C24H25N7. The minimum Gasteiger partial charge on any atom is -0.366 e. The summed E-state index contributed by atoms with van der Waals surface area (Å²) < 4.78 is 0. The molecule has 0 spiro atoms. The average molecular weight is 412 g/mol. The molecule has 0 bridgehead atoms. The third-order valence-electron chi connectivity index (χ3n) is 5.76. The van der Waals surface area contributed by atoms with Crippen LogP contribution in [0, 0.1) is 6.92 Å². The molecule has 4 aromatic rings. The number of aromatic nitrogens is 6. The molecule has 0 amide bonds. The Labute approximate surface area is 181 Å². The standard InChI is InChI=1S/C24H25N7/c1-16-26-22-11-7-3-6-10-20(22)23(27-16)25-15-17-12-13-19(18-8-4-2-5-9-18)21(14-17)24-28-30-31-29-24/h2,4-5,8-9,12-14H,3,6-7,10-11,15H2,1H3,(H,25,26,27)(H,28,29,30,31). The molecule has 5 rings (SSSR count). The van der Waals surface area contributed by atoms with Gasteiger partial charge >= 0.3 is 0 Å². The van der Waals surface area contributed by atoms with Crippen molar-refractivity contribution in [1.82, 2.24) is 30.6 Å². The van der Waals surface area contributed by atoms with Crippen molar-refractivity contribution in [2.24, 2.45) is 0 Å². The van der Waals surface area contributed by atoms with Gasteiger partial charge in [-0.25, -0.2) is 9.97 Å². The SMILES string of the molecule is Cc1nc2c(c(NCc3ccc(-c4ccccc4)c(-c4nn[nH]n4)c3)n1)CCCCC2. The smallest absolute Gasteiger partial charge is 0.205 e. The Morgan fingerprint density at radius 1 is 0.935 bits per heavy atom. The quantitative estimate of drug-likeness (QED) is 0.469. The Kier molecular flexibility index (Phi) is 5.39. The molecule has 156 valence electrons. The Morgan fingerprint density at radius 3 is 2.65 bits per heavy atom. The van der Waals surface area contributed by atoms with E-state index in [-0.39, 0.29) is 0 Å². The predicted molar refractivity (Wildman–Crippen MR) is 120 cm³/mol. The molecule has 0 fully saturated rings. The molecule has 0 radical (unpaired) electrons. The molecule has 1 aliphatic rings. The zero-order valence-electron chi connectivity index (χ0n) is 17.6. The van der Waals surface area contributed by atoms with Gasteiger partial charge in [0, 0.05) is 23.4 Å². The van der Waals surface area contributed by atoms with E-state index in [1.54, 1.807) is 0 Å². The van der Waals surface area contributed by atoms with Crippen LogP contribution in [0.1, 0.15) is 41.9 Å². The molecule has 0 atom stereocenters. The lowest BCUT2D eigenvalue weighted by molar-refractivity contribution is 0.708. The lowest BCUT2D eigenvalue weighted by Crippen LogP contribution is -2.10. The Bertz CT molecular complexity index is 1170. The number of aromatic amines is 1. The number of rotatable bonds is 5. The van der Waals surface area contributed by atoms with Gasteiger partial charge in [0.05, 0.1) is 0 Å². The zero-order valence-corrected chi connectivity index (χ0v) is 17.6. The molecule has 7 heteroatoms. The monoisotopic (exact) mass is 411 g/mol. The number of benzene rings is 2. The van der Waals surface area contributed by atoms with Crippen molar-refractivity contribution in [2.75, 3.05) is 5.32 Å². The van der Waals surface area contributed by atoms with Gasteiger partial charge in [-0.2, -0.15) is 5.21 Å². The van der Waals surface area contributed by atoms with Crippen LogP contribution in [0.5, 0.6) is 0 Å². The summed E-state index contributed by atoms with van der Waals surface area (Å²) in [5.74, 6) is 2.39. The molecule has 2 N–H and O–H groups in total. The lowest BCUT2D eigenvalue weighted by atomic mass is 9.97. The van der Waals surface area contributed by atoms with E-state index in [4.69, 9.17) is 9.97 Å². The van der Waals surface area contributed by atoms with E-state index in [1.807, 2.05) is 25.1 Å². The highest BCUT2D eigenvalue weighted by atomic mass is 15.5. The van der Waals surface area contributed by atoms with Crippen LogP contribution in [0.4, 0.5) is 5.82 Å². The minimum absolute atomic E-state index is 0.590. The molecule has 0 aliphatic heterocycles. The van der Waals surface area contributed by atoms with E-state index in [0.717, 1.165) is 46.7 Å². The molecule has 1 aliphatic carbocycles. The lowest BCUT2D eigenvalue weighted by Gasteiger charge is -2.15. The second-order valence-electron chi connectivity index (χ2n) is 7.94. The van der Waals surface area contributed by atoms with Gasteiger partial charge in [-0.05, 0) is 60.6 Å². The van der Waals surface area contributed by atoms with Crippen molar-refractivity contribution < 1.29 is 0 Å². The summed E-state index contributed by atoms with van der Waals surface area (Å²) >= 11 is 0. The number of anilines is 1. The molecular weight excluding hydrogens is 386 g/mol. The van der Waals surface area contributed by atoms with E-state index in [1.165, 1.54) is 30.5 Å². The van der Waals surface area contributed by atoms with Gasteiger partial charge < -0.3 is 5.32 Å². The van der Waals surface area contributed by atoms with Crippen molar-refractivity contribution in [3.05, 3.63) is 71.2 Å².